The van der Waals surface area contributed by atoms with Crippen LogP contribution in [0.3, 0.4) is 0 Å². The Kier molecular flexibility index (Phi) is 10.9. The lowest BCUT2D eigenvalue weighted by atomic mass is 10.1. The molecule has 4 aromatic rings. The molecule has 0 saturated carbocycles. The smallest absolute Gasteiger partial charge is 0.246 e. The Morgan fingerprint density at radius 1 is 0.955 bits per heavy atom. The minimum atomic E-state index is -0.0154. The van der Waals surface area contributed by atoms with E-state index < -0.39 is 0 Å². The summed E-state index contributed by atoms with van der Waals surface area (Å²) in [7, 11) is 1.57. The Hall–Kier alpha value is -4.37. The van der Waals surface area contributed by atoms with E-state index in [1.165, 1.54) is 5.56 Å². The lowest BCUT2D eigenvalue weighted by Gasteiger charge is -2.34. The Bertz CT molecular complexity index is 1550. The van der Waals surface area contributed by atoms with Crippen molar-refractivity contribution in [2.75, 3.05) is 39.9 Å². The molecule has 3 aromatic carbocycles. The molecular formula is C35H36ClN3O5. The Morgan fingerprint density at radius 2 is 1.73 bits per heavy atom. The number of carbonyl (C=O) groups is 1. The number of amides is 1. The van der Waals surface area contributed by atoms with Crippen LogP contribution in [0.1, 0.15) is 22.3 Å². The summed E-state index contributed by atoms with van der Waals surface area (Å²) < 4.78 is 17.3. The summed E-state index contributed by atoms with van der Waals surface area (Å²) in [5.41, 5.74) is 4.09. The molecule has 0 unspecified atom stereocenters. The molecule has 1 saturated heterocycles. The van der Waals surface area contributed by atoms with E-state index in [2.05, 4.69) is 34.1 Å². The second-order valence-corrected chi connectivity index (χ2v) is 10.9. The Balaban J connectivity index is 1.10. The summed E-state index contributed by atoms with van der Waals surface area (Å²) >= 11 is 6.20. The number of aliphatic hydroxyl groups excluding tert-OH is 1. The van der Waals surface area contributed by atoms with E-state index in [-0.39, 0.29) is 12.5 Å². The fraction of sp³-hybridized carbons (Fsp3) is 0.257. The van der Waals surface area contributed by atoms with Gasteiger partial charge in [0, 0.05) is 62.1 Å². The molecule has 0 spiro atoms. The molecule has 1 amide bonds. The predicted octanol–water partition coefficient (Wildman–Crippen LogP) is 6.01. The molecule has 9 heteroatoms. The van der Waals surface area contributed by atoms with E-state index in [1.54, 1.807) is 43.7 Å². The van der Waals surface area contributed by atoms with Crippen LogP contribution < -0.4 is 14.2 Å². The van der Waals surface area contributed by atoms with Crippen LogP contribution in [0, 0.1) is 0 Å². The van der Waals surface area contributed by atoms with E-state index in [9.17, 15) is 4.79 Å². The number of ether oxygens (including phenoxy) is 3. The number of nitrogens with zero attached hydrogens (tertiary/aromatic N) is 3. The Labute approximate surface area is 263 Å². The minimum Gasteiger partial charge on any atom is -0.493 e. The number of benzene rings is 3. The van der Waals surface area contributed by atoms with Gasteiger partial charge >= 0.3 is 0 Å². The predicted molar refractivity (Wildman–Crippen MR) is 171 cm³/mol. The zero-order valence-electron chi connectivity index (χ0n) is 24.7. The van der Waals surface area contributed by atoms with Crippen LogP contribution in [0.4, 0.5) is 0 Å². The van der Waals surface area contributed by atoms with Crippen molar-refractivity contribution in [2.45, 2.75) is 19.6 Å². The van der Waals surface area contributed by atoms with Gasteiger partial charge in [-0.2, -0.15) is 0 Å². The maximum atomic E-state index is 12.9. The number of hydrogen-bond donors (Lipinski definition) is 1. The highest BCUT2D eigenvalue weighted by Crippen LogP contribution is 2.32. The molecule has 1 aliphatic rings. The largest absolute Gasteiger partial charge is 0.493 e. The molecule has 2 heterocycles. The number of aromatic nitrogens is 1. The Morgan fingerprint density at radius 3 is 2.43 bits per heavy atom. The highest BCUT2D eigenvalue weighted by Gasteiger charge is 2.19. The monoisotopic (exact) mass is 613 g/mol. The maximum Gasteiger partial charge on any atom is 0.246 e. The number of carbonyl (C=O) groups excluding carboxylic acids is 1. The fourth-order valence-electron chi connectivity index (χ4n) is 4.87. The van der Waals surface area contributed by atoms with Crippen LogP contribution in [0.25, 0.3) is 6.08 Å². The third-order valence-corrected chi connectivity index (χ3v) is 7.76. The van der Waals surface area contributed by atoms with Crippen molar-refractivity contribution in [3.63, 3.8) is 0 Å². The molecule has 1 aromatic heterocycles. The molecule has 0 radical (unpaired) electrons. The van der Waals surface area contributed by atoms with Gasteiger partial charge in [0.2, 0.25) is 11.8 Å². The number of aliphatic hydroxyl groups is 1. The van der Waals surface area contributed by atoms with Crippen molar-refractivity contribution in [1.29, 1.82) is 0 Å². The standard InChI is InChI=1S/C35H36ClN3O5/c1-42-33-22-27(10-13-32(33)44-34-14-12-30(23-37-34)43-25-29-4-2-3-5-31(29)36)11-15-35(41)39-19-17-38(18-20-39)24-28-8-6-26(7-9-28)16-21-40/h2-15,22-23,40H,16-21,24-25H2,1H3. The minimum absolute atomic E-state index is 0.0154. The number of methoxy groups -OCH3 is 1. The number of piperazine rings is 1. The fourth-order valence-corrected chi connectivity index (χ4v) is 5.06. The average molecular weight is 614 g/mol. The van der Waals surface area contributed by atoms with Gasteiger partial charge in [0.25, 0.3) is 0 Å². The summed E-state index contributed by atoms with van der Waals surface area (Å²) in [5.74, 6) is 2.01. The van der Waals surface area contributed by atoms with E-state index in [1.807, 2.05) is 41.3 Å². The molecule has 8 nitrogen and oxygen atoms in total. The van der Waals surface area contributed by atoms with Gasteiger partial charge in [-0.1, -0.05) is 60.1 Å². The van der Waals surface area contributed by atoms with Crippen molar-refractivity contribution < 1.29 is 24.1 Å². The van der Waals surface area contributed by atoms with Crippen molar-refractivity contribution in [3.8, 4) is 23.1 Å². The molecule has 0 aliphatic carbocycles. The van der Waals surface area contributed by atoms with Crippen LogP contribution in [0.15, 0.2) is 91.1 Å². The molecule has 44 heavy (non-hydrogen) atoms. The van der Waals surface area contributed by atoms with Crippen LogP contribution in [-0.4, -0.2) is 65.7 Å². The molecule has 0 bridgehead atoms. The highest BCUT2D eigenvalue weighted by molar-refractivity contribution is 6.31. The molecular weight excluding hydrogens is 578 g/mol. The summed E-state index contributed by atoms with van der Waals surface area (Å²) in [6.45, 7) is 4.35. The van der Waals surface area contributed by atoms with Crippen molar-refractivity contribution in [3.05, 3.63) is 118 Å². The maximum absolute atomic E-state index is 12.9. The van der Waals surface area contributed by atoms with Gasteiger partial charge in [-0.15, -0.1) is 0 Å². The first-order valence-corrected chi connectivity index (χ1v) is 14.9. The van der Waals surface area contributed by atoms with Crippen molar-refractivity contribution >= 4 is 23.6 Å². The van der Waals surface area contributed by atoms with Crippen molar-refractivity contribution in [2.24, 2.45) is 0 Å². The second kappa shape index (κ2) is 15.4. The lowest BCUT2D eigenvalue weighted by molar-refractivity contribution is -0.127. The molecule has 1 fully saturated rings. The normalized spacial score (nSPS) is 13.7. The zero-order valence-corrected chi connectivity index (χ0v) is 25.5. The van der Waals surface area contributed by atoms with Gasteiger partial charge in [-0.25, -0.2) is 4.98 Å². The topological polar surface area (TPSA) is 84.4 Å². The number of pyridine rings is 1. The highest BCUT2D eigenvalue weighted by atomic mass is 35.5. The first kappa shape index (κ1) is 31.1. The van der Waals surface area contributed by atoms with E-state index >= 15 is 0 Å². The average Bonchev–Trinajstić information content (AvgIpc) is 3.06. The van der Waals surface area contributed by atoms with Crippen LogP contribution in [0.2, 0.25) is 5.02 Å². The number of hydrogen-bond acceptors (Lipinski definition) is 7. The summed E-state index contributed by atoms with van der Waals surface area (Å²) in [4.78, 5) is 21.5. The summed E-state index contributed by atoms with van der Waals surface area (Å²) in [6, 6.07) is 24.9. The van der Waals surface area contributed by atoms with Crippen LogP contribution >= 0.6 is 11.6 Å². The third-order valence-electron chi connectivity index (χ3n) is 7.40. The van der Waals surface area contributed by atoms with Crippen molar-refractivity contribution in [1.82, 2.24) is 14.8 Å². The first-order chi connectivity index (χ1) is 21.5. The quantitative estimate of drug-likeness (QED) is 0.196. The summed E-state index contributed by atoms with van der Waals surface area (Å²) in [5, 5.41) is 9.75. The first-order valence-electron chi connectivity index (χ1n) is 14.6. The van der Waals surface area contributed by atoms with Gasteiger partial charge in [0.15, 0.2) is 11.5 Å². The lowest BCUT2D eigenvalue weighted by Crippen LogP contribution is -2.47. The van der Waals surface area contributed by atoms with Gasteiger partial charge in [0.1, 0.15) is 12.4 Å². The van der Waals surface area contributed by atoms with Crippen LogP contribution in [0.5, 0.6) is 23.1 Å². The van der Waals surface area contributed by atoms with Gasteiger partial charge in [-0.3, -0.25) is 9.69 Å². The number of rotatable bonds is 12. The molecule has 1 aliphatic heterocycles. The van der Waals surface area contributed by atoms with E-state index in [0.717, 1.165) is 36.3 Å². The van der Waals surface area contributed by atoms with Gasteiger partial charge in [0.05, 0.1) is 13.3 Å². The van der Waals surface area contributed by atoms with E-state index in [0.29, 0.717) is 54.3 Å². The van der Waals surface area contributed by atoms with E-state index in [4.69, 9.17) is 30.9 Å². The zero-order chi connectivity index (χ0) is 30.7. The molecule has 5 rings (SSSR count). The third kappa shape index (κ3) is 8.60. The van der Waals surface area contributed by atoms with Gasteiger partial charge < -0.3 is 24.2 Å². The molecule has 228 valence electrons. The molecule has 0 atom stereocenters. The molecule has 1 N–H and O–H groups in total. The van der Waals surface area contributed by atoms with Crippen LogP contribution in [-0.2, 0) is 24.4 Å². The second-order valence-electron chi connectivity index (χ2n) is 10.4. The SMILES string of the molecule is COc1cc(C=CC(=O)N2CCN(Cc3ccc(CCO)cc3)CC2)ccc1Oc1ccc(OCc2ccccc2Cl)cn1. The summed E-state index contributed by atoms with van der Waals surface area (Å²) in [6.07, 6.45) is 5.67. The number of halogens is 1. The van der Waals surface area contributed by atoms with Gasteiger partial charge in [-0.05, 0) is 53.5 Å².